The van der Waals surface area contributed by atoms with Crippen LogP contribution in [0.5, 0.6) is 17.2 Å². The van der Waals surface area contributed by atoms with Crippen LogP contribution in [0.3, 0.4) is 0 Å². The van der Waals surface area contributed by atoms with Gasteiger partial charge in [0.25, 0.3) is 0 Å². The number of ether oxygens (including phenoxy) is 7. The predicted molar refractivity (Wildman–Crippen MR) is 182 cm³/mol. The number of hydrogen-bond donors (Lipinski definition) is 3. The molecule has 15 heteroatoms. The van der Waals surface area contributed by atoms with Crippen LogP contribution in [0.4, 0.5) is 0 Å². The van der Waals surface area contributed by atoms with Gasteiger partial charge in [-0.05, 0) is 61.7 Å². The number of carboxylic acids is 3. The van der Waals surface area contributed by atoms with Crippen LogP contribution in [-0.4, -0.2) is 110 Å². The van der Waals surface area contributed by atoms with Crippen molar-refractivity contribution in [1.82, 2.24) is 4.90 Å². The maximum Gasteiger partial charge on any atom is 0.341 e. The number of carbonyl (C=O) groups is 3. The van der Waals surface area contributed by atoms with Gasteiger partial charge in [-0.15, -0.1) is 0 Å². The van der Waals surface area contributed by atoms with Crippen LogP contribution in [0.2, 0.25) is 0 Å². The van der Waals surface area contributed by atoms with E-state index in [-0.39, 0.29) is 86.1 Å². The van der Waals surface area contributed by atoms with E-state index in [4.69, 9.17) is 33.2 Å². The van der Waals surface area contributed by atoms with E-state index >= 15 is 0 Å². The van der Waals surface area contributed by atoms with E-state index in [2.05, 4.69) is 4.90 Å². The second-order valence-corrected chi connectivity index (χ2v) is 12.4. The molecular formula is C37H43EuNO13. The van der Waals surface area contributed by atoms with E-state index in [1.165, 1.54) is 0 Å². The Bertz CT molecular complexity index is 1640. The molecule has 281 valence electrons. The first-order valence-electron chi connectivity index (χ1n) is 16.6. The van der Waals surface area contributed by atoms with E-state index in [0.717, 1.165) is 16.7 Å². The van der Waals surface area contributed by atoms with Crippen LogP contribution in [0, 0.1) is 70.1 Å². The van der Waals surface area contributed by atoms with Crippen LogP contribution >= 0.6 is 0 Å². The molecule has 3 aromatic rings. The molecule has 14 nitrogen and oxygen atoms in total. The van der Waals surface area contributed by atoms with Crippen LogP contribution in [0.1, 0.15) is 27.8 Å². The normalized spacial score (nSPS) is 15.5. The molecule has 2 aliphatic heterocycles. The number of rotatable bonds is 11. The predicted octanol–water partition coefficient (Wildman–Crippen LogP) is 4.06. The zero-order valence-electron chi connectivity index (χ0n) is 29.3. The Kier molecular flexibility index (Phi) is 15.8. The summed E-state index contributed by atoms with van der Waals surface area (Å²) in [6, 6.07) is 10.9. The fraction of sp³-hybridized carbons (Fsp3) is 0.432. The van der Waals surface area contributed by atoms with Gasteiger partial charge in [-0.2, -0.15) is 0 Å². The van der Waals surface area contributed by atoms with Crippen molar-refractivity contribution in [2.45, 2.75) is 40.3 Å². The molecule has 2 heterocycles. The number of benzene rings is 3. The topological polar surface area (TPSA) is 180 Å². The summed E-state index contributed by atoms with van der Waals surface area (Å²) in [5.74, 6) is -2.94. The molecule has 1 saturated heterocycles. The van der Waals surface area contributed by atoms with E-state index in [1.807, 2.05) is 45.0 Å². The molecule has 1 radical (unpaired) electrons. The average molecular weight is 862 g/mol. The Morgan fingerprint density at radius 1 is 0.615 bits per heavy atom. The van der Waals surface area contributed by atoms with Crippen molar-refractivity contribution in [3.63, 3.8) is 0 Å². The van der Waals surface area contributed by atoms with Gasteiger partial charge in [0, 0.05) is 102 Å². The molecule has 0 spiro atoms. The minimum absolute atomic E-state index is 0. The summed E-state index contributed by atoms with van der Waals surface area (Å²) >= 11 is 0. The van der Waals surface area contributed by atoms with E-state index in [9.17, 15) is 29.7 Å². The van der Waals surface area contributed by atoms with Crippen LogP contribution in [0.25, 0.3) is 22.3 Å². The first-order chi connectivity index (χ1) is 24.5. The Hall–Kier alpha value is -3.15. The fourth-order valence-electron chi connectivity index (χ4n) is 6.15. The summed E-state index contributed by atoms with van der Waals surface area (Å²) in [4.78, 5) is 37.5. The molecule has 3 N–H and O–H groups in total. The maximum absolute atomic E-state index is 11.9. The molecule has 6 bridgehead atoms. The Morgan fingerprint density at radius 3 is 1.38 bits per heavy atom. The molecule has 0 aromatic heterocycles. The Morgan fingerprint density at radius 2 is 0.981 bits per heavy atom. The zero-order chi connectivity index (χ0) is 36.5. The largest absolute Gasteiger partial charge is 0.481 e. The minimum Gasteiger partial charge on any atom is -0.481 e. The summed E-state index contributed by atoms with van der Waals surface area (Å²) in [6.07, 6.45) is -0.386. The van der Waals surface area contributed by atoms with Gasteiger partial charge in [0.05, 0.1) is 39.6 Å². The third kappa shape index (κ3) is 11.4. The second kappa shape index (κ2) is 19.8. The molecule has 52 heavy (non-hydrogen) atoms. The summed E-state index contributed by atoms with van der Waals surface area (Å²) < 4.78 is 41.6. The molecule has 0 aliphatic carbocycles. The number of nitrogens with zero attached hydrogens (tertiary/aromatic N) is 1. The van der Waals surface area contributed by atoms with Gasteiger partial charge in [-0.25, -0.2) is 14.4 Å². The summed E-state index contributed by atoms with van der Waals surface area (Å²) in [6.45, 7) is 6.94. The van der Waals surface area contributed by atoms with Gasteiger partial charge in [-0.1, -0.05) is 12.1 Å². The van der Waals surface area contributed by atoms with Gasteiger partial charge in [-0.3, -0.25) is 4.90 Å². The Labute approximate surface area is 342 Å². The first-order valence-corrected chi connectivity index (χ1v) is 16.6. The molecular weight excluding hydrogens is 818 g/mol. The monoisotopic (exact) mass is 862 g/mol. The summed E-state index contributed by atoms with van der Waals surface area (Å²) in [5, 5.41) is 28.9. The maximum atomic E-state index is 11.9. The molecule has 5 rings (SSSR count). The van der Waals surface area contributed by atoms with E-state index < -0.39 is 37.7 Å². The standard InChI is InChI=1S/C37H43NO13.Eu/c1-22-10-25-17-45-6-4-38(16-34-47-8-9-48-34)5-7-46-18-26-11-23(2)13-28(36(26)50-20-32(41)42)30-15-24(3)14-29(37(30)51-21-33(43)44)27(12-22)35(25)49-19-31(39)40;/h10-15,34H,4-9,16-21H2,1-3H3,(H,39,40)(H,41,42)(H,43,44);. The average Bonchev–Trinajstić information content (AvgIpc) is 3.58. The van der Waals surface area contributed by atoms with Crippen molar-refractivity contribution in [2.75, 3.05) is 65.9 Å². The van der Waals surface area contributed by atoms with E-state index in [1.54, 1.807) is 12.1 Å². The third-order valence-electron chi connectivity index (χ3n) is 8.17. The summed E-state index contributed by atoms with van der Waals surface area (Å²) in [5.41, 5.74) is 5.33. The first kappa shape index (κ1) is 41.6. The molecule has 0 atom stereocenters. The Balaban J connectivity index is 0.00000605. The van der Waals surface area contributed by atoms with Gasteiger partial charge in [0.15, 0.2) is 26.1 Å². The molecule has 3 aromatic carbocycles. The third-order valence-corrected chi connectivity index (χ3v) is 8.17. The second-order valence-electron chi connectivity index (χ2n) is 12.4. The van der Waals surface area contributed by atoms with Gasteiger partial charge >= 0.3 is 17.9 Å². The van der Waals surface area contributed by atoms with Crippen LogP contribution in [-0.2, 0) is 46.5 Å². The van der Waals surface area contributed by atoms with Crippen molar-refractivity contribution in [3.8, 4) is 39.5 Å². The van der Waals surface area contributed by atoms with Crippen molar-refractivity contribution in [3.05, 3.63) is 64.2 Å². The SMILES string of the molecule is Cc1cc2c(OCC(=O)O)c(c1)-c1cc(C)cc(c1OCC(=O)O)-c1cc(C)cc(c1OCC(=O)O)COCCN(CC1OCCO1)CCOC2.[Eu]. The van der Waals surface area contributed by atoms with Crippen molar-refractivity contribution < 1.29 is 112 Å². The van der Waals surface area contributed by atoms with Crippen molar-refractivity contribution in [1.29, 1.82) is 0 Å². The van der Waals surface area contributed by atoms with Crippen molar-refractivity contribution >= 4 is 17.9 Å². The molecule has 1 fully saturated rings. The number of carboxylic acid groups (broad SMARTS) is 3. The van der Waals surface area contributed by atoms with Gasteiger partial charge in [0.1, 0.15) is 17.2 Å². The van der Waals surface area contributed by atoms with Crippen LogP contribution in [0.15, 0.2) is 36.4 Å². The van der Waals surface area contributed by atoms with Gasteiger partial charge in [0.2, 0.25) is 0 Å². The van der Waals surface area contributed by atoms with Crippen LogP contribution < -0.4 is 14.2 Å². The molecule has 2 aliphatic rings. The number of hydrogen-bond acceptors (Lipinski definition) is 11. The van der Waals surface area contributed by atoms with E-state index in [0.29, 0.717) is 79.4 Å². The fourth-order valence-corrected chi connectivity index (χ4v) is 6.15. The zero-order valence-corrected chi connectivity index (χ0v) is 31.7. The minimum atomic E-state index is -1.22. The molecule has 0 unspecified atom stereocenters. The van der Waals surface area contributed by atoms with Crippen molar-refractivity contribution in [2.24, 2.45) is 0 Å². The molecule has 0 saturated carbocycles. The number of aryl methyl sites for hydroxylation is 3. The number of aliphatic carboxylic acids is 3. The molecule has 0 amide bonds. The smallest absolute Gasteiger partial charge is 0.341 e. The summed E-state index contributed by atoms with van der Waals surface area (Å²) in [7, 11) is 0. The number of fused-ring (bicyclic) bond motifs is 8. The van der Waals surface area contributed by atoms with Gasteiger partial charge < -0.3 is 48.5 Å². The quantitative estimate of drug-likeness (QED) is 0.251.